The Morgan fingerprint density at radius 2 is 2.10 bits per heavy atom. The van der Waals surface area contributed by atoms with Crippen LogP contribution in [0, 0.1) is 5.92 Å². The van der Waals surface area contributed by atoms with Gasteiger partial charge in [0.15, 0.2) is 0 Å². The van der Waals surface area contributed by atoms with Crippen molar-refractivity contribution in [2.24, 2.45) is 5.92 Å². The number of fused-ring (bicyclic) bond motifs is 1. The predicted molar refractivity (Wildman–Crippen MR) is 84.4 cm³/mol. The molecule has 0 aliphatic heterocycles. The summed E-state index contributed by atoms with van der Waals surface area (Å²) in [6.07, 6.45) is 11.7. The number of nitrogens with zero attached hydrogens (tertiary/aromatic N) is 2. The summed E-state index contributed by atoms with van der Waals surface area (Å²) in [6, 6.07) is 0. The summed E-state index contributed by atoms with van der Waals surface area (Å²) in [4.78, 5) is 8.89. The lowest BCUT2D eigenvalue weighted by Crippen LogP contribution is -2.41. The first-order valence-electron chi connectivity index (χ1n) is 8.45. The van der Waals surface area contributed by atoms with E-state index in [1.807, 2.05) is 0 Å². The van der Waals surface area contributed by atoms with Gasteiger partial charge in [-0.2, -0.15) is 0 Å². The summed E-state index contributed by atoms with van der Waals surface area (Å²) in [6.45, 7) is 2.85. The number of aromatic nitrogens is 2. The van der Waals surface area contributed by atoms with E-state index >= 15 is 0 Å². The van der Waals surface area contributed by atoms with Crippen molar-refractivity contribution in [2.45, 2.75) is 70.3 Å². The number of hydrogen-bond acceptors (Lipinski definition) is 4. The molecule has 1 fully saturated rings. The monoisotopic (exact) mass is 289 g/mol. The van der Waals surface area contributed by atoms with E-state index in [9.17, 15) is 5.11 Å². The number of rotatable bonds is 3. The largest absolute Gasteiger partial charge is 0.388 e. The Hall–Kier alpha value is -1.16. The molecular weight excluding hydrogens is 262 g/mol. The lowest BCUT2D eigenvalue weighted by atomic mass is 9.79. The van der Waals surface area contributed by atoms with Crippen LogP contribution in [-0.4, -0.2) is 27.2 Å². The molecule has 1 aromatic rings. The fraction of sp³-hybridized carbons (Fsp3) is 0.765. The number of hydrogen-bond donors (Lipinski definition) is 2. The van der Waals surface area contributed by atoms with E-state index in [-0.39, 0.29) is 0 Å². The van der Waals surface area contributed by atoms with Gasteiger partial charge >= 0.3 is 0 Å². The van der Waals surface area contributed by atoms with Gasteiger partial charge in [-0.05, 0) is 44.4 Å². The van der Waals surface area contributed by atoms with Crippen molar-refractivity contribution in [1.29, 1.82) is 0 Å². The zero-order valence-electron chi connectivity index (χ0n) is 13.1. The zero-order valence-corrected chi connectivity index (χ0v) is 13.1. The van der Waals surface area contributed by atoms with Crippen LogP contribution in [0.25, 0.3) is 0 Å². The van der Waals surface area contributed by atoms with Crippen molar-refractivity contribution in [1.82, 2.24) is 9.97 Å². The average Bonchev–Trinajstić information content (AvgIpc) is 2.70. The molecule has 0 spiro atoms. The lowest BCUT2D eigenvalue weighted by molar-refractivity contribution is -0.000841. The normalized spacial score (nSPS) is 29.5. The number of anilines is 1. The SMILES string of the molecule is CC1CCCC(O)(CNc2ncnc3c2CCCCC3)C1. The van der Waals surface area contributed by atoms with Gasteiger partial charge in [0, 0.05) is 17.8 Å². The number of aryl methyl sites for hydroxylation is 1. The molecule has 0 saturated heterocycles. The highest BCUT2D eigenvalue weighted by Gasteiger charge is 2.32. The third kappa shape index (κ3) is 3.54. The fourth-order valence-electron chi connectivity index (χ4n) is 3.89. The minimum atomic E-state index is -0.569. The van der Waals surface area contributed by atoms with Crippen LogP contribution >= 0.6 is 0 Å². The molecule has 2 aliphatic rings. The molecule has 1 saturated carbocycles. The molecule has 2 N–H and O–H groups in total. The molecule has 0 radical (unpaired) electrons. The number of aliphatic hydroxyl groups is 1. The van der Waals surface area contributed by atoms with Gasteiger partial charge in [-0.15, -0.1) is 0 Å². The topological polar surface area (TPSA) is 58.0 Å². The van der Waals surface area contributed by atoms with E-state index in [1.165, 1.54) is 36.9 Å². The summed E-state index contributed by atoms with van der Waals surface area (Å²) in [5.74, 6) is 1.57. The molecule has 0 bridgehead atoms. The minimum absolute atomic E-state index is 0.569. The quantitative estimate of drug-likeness (QED) is 0.840. The Bertz CT molecular complexity index is 491. The molecule has 2 atom stereocenters. The number of nitrogens with one attached hydrogen (secondary N) is 1. The molecular formula is C17H27N3O. The lowest BCUT2D eigenvalue weighted by Gasteiger charge is -2.36. The molecule has 4 heteroatoms. The van der Waals surface area contributed by atoms with Crippen molar-refractivity contribution >= 4 is 5.82 Å². The highest BCUT2D eigenvalue weighted by molar-refractivity contribution is 5.46. The molecule has 0 aromatic carbocycles. The predicted octanol–water partition coefficient (Wildman–Crippen LogP) is 3.10. The van der Waals surface area contributed by atoms with E-state index in [2.05, 4.69) is 22.2 Å². The van der Waals surface area contributed by atoms with E-state index in [4.69, 9.17) is 0 Å². The summed E-state index contributed by atoms with van der Waals surface area (Å²) in [5.41, 5.74) is 1.91. The maximum Gasteiger partial charge on any atom is 0.132 e. The first-order valence-corrected chi connectivity index (χ1v) is 8.45. The minimum Gasteiger partial charge on any atom is -0.388 e. The summed E-state index contributed by atoms with van der Waals surface area (Å²) in [7, 11) is 0. The van der Waals surface area contributed by atoms with Crippen LogP contribution in [0.15, 0.2) is 6.33 Å². The van der Waals surface area contributed by atoms with Crippen LogP contribution in [0.5, 0.6) is 0 Å². The standard InChI is InChI=1S/C17H27N3O/c1-13-6-5-9-17(21,10-13)11-18-16-14-7-3-2-4-8-15(14)19-12-20-16/h12-13,21H,2-11H2,1H3,(H,18,19,20). The maximum absolute atomic E-state index is 10.8. The van der Waals surface area contributed by atoms with Crippen LogP contribution in [0.2, 0.25) is 0 Å². The van der Waals surface area contributed by atoms with Gasteiger partial charge in [0.2, 0.25) is 0 Å². The summed E-state index contributed by atoms with van der Waals surface area (Å²) in [5, 5.41) is 14.2. The average molecular weight is 289 g/mol. The van der Waals surface area contributed by atoms with Crippen molar-refractivity contribution < 1.29 is 5.11 Å². The Kier molecular flexibility index (Phi) is 4.43. The Morgan fingerprint density at radius 1 is 1.24 bits per heavy atom. The summed E-state index contributed by atoms with van der Waals surface area (Å²) >= 11 is 0. The first kappa shape index (κ1) is 14.8. The first-order chi connectivity index (χ1) is 10.2. The molecule has 3 rings (SSSR count). The van der Waals surface area contributed by atoms with Crippen molar-refractivity contribution in [3.05, 3.63) is 17.6 Å². The smallest absolute Gasteiger partial charge is 0.132 e. The Morgan fingerprint density at radius 3 is 2.95 bits per heavy atom. The highest BCUT2D eigenvalue weighted by Crippen LogP contribution is 2.33. The Labute approximate surface area is 127 Å². The summed E-state index contributed by atoms with van der Waals surface area (Å²) < 4.78 is 0. The molecule has 2 unspecified atom stereocenters. The molecule has 1 aromatic heterocycles. The highest BCUT2D eigenvalue weighted by atomic mass is 16.3. The van der Waals surface area contributed by atoms with Gasteiger partial charge in [-0.3, -0.25) is 0 Å². The van der Waals surface area contributed by atoms with Crippen LogP contribution in [-0.2, 0) is 12.8 Å². The molecule has 116 valence electrons. The fourth-order valence-corrected chi connectivity index (χ4v) is 3.89. The van der Waals surface area contributed by atoms with E-state index in [1.54, 1.807) is 6.33 Å². The van der Waals surface area contributed by atoms with Crippen LogP contribution in [0.3, 0.4) is 0 Å². The van der Waals surface area contributed by atoms with Gasteiger partial charge < -0.3 is 10.4 Å². The third-order valence-electron chi connectivity index (χ3n) is 5.03. The molecule has 21 heavy (non-hydrogen) atoms. The van der Waals surface area contributed by atoms with Gasteiger partial charge in [-0.1, -0.05) is 26.2 Å². The van der Waals surface area contributed by atoms with Crippen molar-refractivity contribution in [2.75, 3.05) is 11.9 Å². The van der Waals surface area contributed by atoms with Crippen LogP contribution in [0.1, 0.15) is 63.1 Å². The van der Waals surface area contributed by atoms with Crippen molar-refractivity contribution in [3.8, 4) is 0 Å². The van der Waals surface area contributed by atoms with E-state index < -0.39 is 5.60 Å². The maximum atomic E-state index is 10.8. The molecule has 2 aliphatic carbocycles. The third-order valence-corrected chi connectivity index (χ3v) is 5.03. The second-order valence-corrected chi connectivity index (χ2v) is 6.99. The van der Waals surface area contributed by atoms with E-state index in [0.29, 0.717) is 12.5 Å². The van der Waals surface area contributed by atoms with Gasteiger partial charge in [0.1, 0.15) is 12.1 Å². The molecule has 4 nitrogen and oxygen atoms in total. The second kappa shape index (κ2) is 6.30. The van der Waals surface area contributed by atoms with Gasteiger partial charge in [0.05, 0.1) is 5.60 Å². The van der Waals surface area contributed by atoms with E-state index in [0.717, 1.165) is 37.9 Å². The van der Waals surface area contributed by atoms with Crippen LogP contribution in [0.4, 0.5) is 5.82 Å². The Balaban J connectivity index is 1.70. The molecule has 0 amide bonds. The zero-order chi connectivity index (χ0) is 14.7. The molecule has 1 heterocycles. The second-order valence-electron chi connectivity index (χ2n) is 6.99. The van der Waals surface area contributed by atoms with Crippen LogP contribution < -0.4 is 5.32 Å². The van der Waals surface area contributed by atoms with Gasteiger partial charge in [0.25, 0.3) is 0 Å². The van der Waals surface area contributed by atoms with Crippen molar-refractivity contribution in [3.63, 3.8) is 0 Å². The van der Waals surface area contributed by atoms with Gasteiger partial charge in [-0.25, -0.2) is 9.97 Å².